The van der Waals surface area contributed by atoms with Gasteiger partial charge < -0.3 is 19.4 Å². The molecule has 0 atom stereocenters. The van der Waals surface area contributed by atoms with Gasteiger partial charge in [0.05, 0.1) is 6.61 Å². The number of rotatable bonds is 4. The predicted molar refractivity (Wildman–Crippen MR) is 98.7 cm³/mol. The van der Waals surface area contributed by atoms with Crippen LogP contribution in [0.15, 0.2) is 0 Å². The van der Waals surface area contributed by atoms with E-state index in [2.05, 4.69) is 16.8 Å². The lowest BCUT2D eigenvalue weighted by molar-refractivity contribution is -0.0212. The van der Waals surface area contributed by atoms with Crippen LogP contribution in [-0.4, -0.2) is 78.8 Å². The zero-order chi connectivity index (χ0) is 17.4. The van der Waals surface area contributed by atoms with Crippen LogP contribution in [0.3, 0.4) is 0 Å². The molecule has 4 rings (SSSR count). The van der Waals surface area contributed by atoms with Gasteiger partial charge in [-0.2, -0.15) is 0 Å². The average molecular weight is 350 g/mol. The number of carbonyl (C=O) groups excluding carboxylic acids is 1. The number of nitrogens with zero attached hydrogens (tertiary/aromatic N) is 3. The summed E-state index contributed by atoms with van der Waals surface area (Å²) in [6.45, 7) is 6.71. The smallest absolute Gasteiger partial charge is 0.409 e. The summed E-state index contributed by atoms with van der Waals surface area (Å²) in [4.78, 5) is 19.3. The number of likely N-dealkylation sites (tertiary alicyclic amines) is 2. The molecule has 2 saturated carbocycles. The number of hydrogen-bond donors (Lipinski definition) is 0. The SMILES string of the molecule is CCOC(=O)N1CCC2(CC(N3CCC(N(C)C4CCC4)CC3)C2)C1. The second kappa shape index (κ2) is 7.07. The first-order valence-corrected chi connectivity index (χ1v) is 10.5. The molecule has 2 aliphatic carbocycles. The monoisotopic (exact) mass is 349 g/mol. The molecular formula is C20H35N3O2. The minimum Gasteiger partial charge on any atom is -0.450 e. The number of ether oxygens (including phenoxy) is 1. The van der Waals surface area contributed by atoms with E-state index in [1.807, 2.05) is 11.8 Å². The molecule has 2 aliphatic heterocycles. The van der Waals surface area contributed by atoms with E-state index in [9.17, 15) is 4.79 Å². The van der Waals surface area contributed by atoms with Crippen molar-refractivity contribution < 1.29 is 9.53 Å². The Kier molecular flexibility index (Phi) is 4.98. The maximum Gasteiger partial charge on any atom is 0.409 e. The Morgan fingerprint density at radius 2 is 1.80 bits per heavy atom. The van der Waals surface area contributed by atoms with E-state index >= 15 is 0 Å². The molecule has 142 valence electrons. The summed E-state index contributed by atoms with van der Waals surface area (Å²) >= 11 is 0. The molecule has 0 aromatic heterocycles. The Morgan fingerprint density at radius 1 is 1.12 bits per heavy atom. The average Bonchev–Trinajstić information content (AvgIpc) is 2.98. The lowest BCUT2D eigenvalue weighted by Crippen LogP contribution is -2.56. The van der Waals surface area contributed by atoms with E-state index in [1.165, 1.54) is 64.5 Å². The standard InChI is InChI=1S/C20H35N3O2/c1-3-25-19(24)23-12-9-20(15-23)13-18(14-20)22-10-7-17(8-11-22)21(2)16-5-4-6-16/h16-18H,3-15H2,1-2H3. The van der Waals surface area contributed by atoms with Gasteiger partial charge in [-0.3, -0.25) is 0 Å². The molecule has 5 heteroatoms. The lowest BCUT2D eigenvalue weighted by atomic mass is 9.64. The van der Waals surface area contributed by atoms with Crippen LogP contribution in [-0.2, 0) is 4.74 Å². The number of amides is 1. The summed E-state index contributed by atoms with van der Waals surface area (Å²) < 4.78 is 5.17. The minimum atomic E-state index is -0.109. The third-order valence-corrected chi connectivity index (χ3v) is 7.54. The van der Waals surface area contributed by atoms with Crippen LogP contribution in [0.2, 0.25) is 0 Å². The van der Waals surface area contributed by atoms with E-state index in [0.717, 1.165) is 31.2 Å². The Morgan fingerprint density at radius 3 is 2.40 bits per heavy atom. The quantitative estimate of drug-likeness (QED) is 0.782. The van der Waals surface area contributed by atoms with Crippen molar-refractivity contribution in [2.45, 2.75) is 76.4 Å². The Labute approximate surface area is 152 Å². The Bertz CT molecular complexity index is 479. The molecule has 0 unspecified atom stereocenters. The fraction of sp³-hybridized carbons (Fsp3) is 0.950. The molecule has 0 radical (unpaired) electrons. The molecule has 0 bridgehead atoms. The van der Waals surface area contributed by atoms with Crippen molar-refractivity contribution >= 4 is 6.09 Å². The van der Waals surface area contributed by atoms with Crippen LogP contribution in [0, 0.1) is 5.41 Å². The lowest BCUT2D eigenvalue weighted by Gasteiger charge is -2.52. The maximum absolute atomic E-state index is 11.9. The van der Waals surface area contributed by atoms with Crippen LogP contribution in [0.5, 0.6) is 0 Å². The van der Waals surface area contributed by atoms with Gasteiger partial charge in [-0.05, 0) is 77.4 Å². The summed E-state index contributed by atoms with van der Waals surface area (Å²) in [5.74, 6) is 0. The first kappa shape index (κ1) is 17.6. The largest absolute Gasteiger partial charge is 0.450 e. The van der Waals surface area contributed by atoms with E-state index in [-0.39, 0.29) is 6.09 Å². The maximum atomic E-state index is 11.9. The molecular weight excluding hydrogens is 314 g/mol. The minimum absolute atomic E-state index is 0.109. The van der Waals surface area contributed by atoms with Crippen LogP contribution >= 0.6 is 0 Å². The van der Waals surface area contributed by atoms with Gasteiger partial charge in [0.1, 0.15) is 0 Å². The van der Waals surface area contributed by atoms with Crippen molar-refractivity contribution in [2.24, 2.45) is 5.41 Å². The summed E-state index contributed by atoms with van der Waals surface area (Å²) in [6, 6.07) is 2.44. The molecule has 1 spiro atoms. The first-order valence-electron chi connectivity index (χ1n) is 10.5. The molecule has 4 fully saturated rings. The third kappa shape index (κ3) is 3.42. The van der Waals surface area contributed by atoms with Crippen molar-refractivity contribution in [1.82, 2.24) is 14.7 Å². The van der Waals surface area contributed by atoms with Crippen LogP contribution in [0.1, 0.15) is 58.3 Å². The van der Waals surface area contributed by atoms with Gasteiger partial charge in [0.15, 0.2) is 0 Å². The van der Waals surface area contributed by atoms with Crippen molar-refractivity contribution in [3.63, 3.8) is 0 Å². The van der Waals surface area contributed by atoms with Gasteiger partial charge in [0.2, 0.25) is 0 Å². The fourth-order valence-electron chi connectivity index (χ4n) is 5.59. The van der Waals surface area contributed by atoms with Crippen LogP contribution < -0.4 is 0 Å². The molecule has 2 saturated heterocycles. The van der Waals surface area contributed by atoms with Crippen molar-refractivity contribution in [2.75, 3.05) is 39.8 Å². The van der Waals surface area contributed by atoms with Crippen molar-refractivity contribution in [3.05, 3.63) is 0 Å². The highest BCUT2D eigenvalue weighted by Gasteiger charge is 2.51. The summed E-state index contributed by atoms with van der Waals surface area (Å²) in [5, 5.41) is 0. The molecule has 1 amide bonds. The molecule has 4 aliphatic rings. The number of hydrogen-bond acceptors (Lipinski definition) is 4. The second-order valence-corrected chi connectivity index (χ2v) is 8.95. The zero-order valence-corrected chi connectivity index (χ0v) is 16.1. The summed E-state index contributed by atoms with van der Waals surface area (Å²) in [7, 11) is 2.35. The highest BCUT2D eigenvalue weighted by Crippen LogP contribution is 2.50. The van der Waals surface area contributed by atoms with Crippen molar-refractivity contribution in [3.8, 4) is 0 Å². The van der Waals surface area contributed by atoms with Gasteiger partial charge in [0, 0.05) is 31.2 Å². The molecule has 2 heterocycles. The molecule has 25 heavy (non-hydrogen) atoms. The third-order valence-electron chi connectivity index (χ3n) is 7.54. The normalized spacial score (nSPS) is 34.4. The molecule has 0 N–H and O–H groups in total. The van der Waals surface area contributed by atoms with Gasteiger partial charge in [-0.25, -0.2) is 4.79 Å². The molecule has 5 nitrogen and oxygen atoms in total. The fourth-order valence-corrected chi connectivity index (χ4v) is 5.59. The zero-order valence-electron chi connectivity index (χ0n) is 16.1. The van der Waals surface area contributed by atoms with Crippen molar-refractivity contribution in [1.29, 1.82) is 0 Å². The Balaban J connectivity index is 1.21. The van der Waals surface area contributed by atoms with Crippen LogP contribution in [0.25, 0.3) is 0 Å². The van der Waals surface area contributed by atoms with E-state index < -0.39 is 0 Å². The molecule has 0 aromatic rings. The van der Waals surface area contributed by atoms with E-state index in [4.69, 9.17) is 4.74 Å². The number of piperidine rings is 1. The second-order valence-electron chi connectivity index (χ2n) is 8.95. The van der Waals surface area contributed by atoms with E-state index in [1.54, 1.807) is 0 Å². The highest BCUT2D eigenvalue weighted by molar-refractivity contribution is 5.68. The summed E-state index contributed by atoms with van der Waals surface area (Å²) in [6.07, 6.45) is 10.6. The van der Waals surface area contributed by atoms with E-state index in [0.29, 0.717) is 12.0 Å². The summed E-state index contributed by atoms with van der Waals surface area (Å²) in [5.41, 5.74) is 0.400. The topological polar surface area (TPSA) is 36.0 Å². The predicted octanol–water partition coefficient (Wildman–Crippen LogP) is 2.95. The van der Waals surface area contributed by atoms with Gasteiger partial charge in [-0.1, -0.05) is 6.42 Å². The Hall–Kier alpha value is -0.810. The number of carbonyl (C=O) groups is 1. The first-order chi connectivity index (χ1) is 12.1. The van der Waals surface area contributed by atoms with Gasteiger partial charge in [-0.15, -0.1) is 0 Å². The highest BCUT2D eigenvalue weighted by atomic mass is 16.6. The van der Waals surface area contributed by atoms with Gasteiger partial charge >= 0.3 is 6.09 Å². The van der Waals surface area contributed by atoms with Gasteiger partial charge in [0.25, 0.3) is 0 Å². The van der Waals surface area contributed by atoms with Crippen LogP contribution in [0.4, 0.5) is 4.79 Å². The molecule has 0 aromatic carbocycles.